The predicted molar refractivity (Wildman–Crippen MR) is 96.2 cm³/mol. The van der Waals surface area contributed by atoms with Crippen molar-refractivity contribution in [3.05, 3.63) is 23.8 Å². The topological polar surface area (TPSA) is 96.8 Å². The van der Waals surface area contributed by atoms with Crippen molar-refractivity contribution in [1.29, 1.82) is 0 Å². The Morgan fingerprint density at radius 1 is 1.40 bits per heavy atom. The maximum atomic E-state index is 12.2. The van der Waals surface area contributed by atoms with Gasteiger partial charge < -0.3 is 16.0 Å². The van der Waals surface area contributed by atoms with Crippen molar-refractivity contribution < 1.29 is 4.79 Å². The minimum Gasteiger partial charge on any atom is -0.338 e. The molecule has 0 spiro atoms. The Morgan fingerprint density at radius 3 is 2.96 bits per heavy atom. The van der Waals surface area contributed by atoms with E-state index in [-0.39, 0.29) is 6.03 Å². The van der Waals surface area contributed by atoms with Crippen molar-refractivity contribution in [2.24, 2.45) is 13.0 Å². The van der Waals surface area contributed by atoms with E-state index < -0.39 is 0 Å². The molecule has 1 aliphatic rings. The fourth-order valence-corrected chi connectivity index (χ4v) is 3.08. The molecule has 25 heavy (non-hydrogen) atoms. The van der Waals surface area contributed by atoms with E-state index in [1.807, 2.05) is 18.2 Å². The zero-order valence-electron chi connectivity index (χ0n) is 14.7. The summed E-state index contributed by atoms with van der Waals surface area (Å²) in [6, 6.07) is 5.74. The quantitative estimate of drug-likeness (QED) is 0.765. The number of amides is 2. The molecule has 2 aromatic rings. The summed E-state index contributed by atoms with van der Waals surface area (Å²) in [5.41, 5.74) is 2.75. The fraction of sp³-hybridized carbons (Fsp3) is 0.529. The van der Waals surface area contributed by atoms with Crippen molar-refractivity contribution >= 4 is 11.7 Å². The maximum absolute atomic E-state index is 12.2. The van der Waals surface area contributed by atoms with Crippen LogP contribution in [0.15, 0.2) is 18.2 Å². The fourth-order valence-electron chi connectivity index (χ4n) is 3.08. The standard InChI is InChI=1S/C17H25N7O/c1-3-12-7-14(16-21-22-23-24(16)2)9-15(8-12)20-17(25)19-11-13-5-4-6-18-10-13/h7-9,13,18H,3-6,10-11H2,1-2H3,(H2,19,20,25)/t13-/m0/s1. The molecule has 2 amide bonds. The van der Waals surface area contributed by atoms with Crippen LogP contribution < -0.4 is 16.0 Å². The van der Waals surface area contributed by atoms with Crippen LogP contribution >= 0.6 is 0 Å². The number of aryl methyl sites for hydroxylation is 2. The number of tetrazole rings is 1. The first kappa shape index (κ1) is 17.3. The summed E-state index contributed by atoms with van der Waals surface area (Å²) in [5, 5.41) is 20.9. The minimum absolute atomic E-state index is 0.180. The Hall–Kier alpha value is -2.48. The summed E-state index contributed by atoms with van der Waals surface area (Å²) in [6.45, 7) is 4.81. The number of aromatic nitrogens is 4. The number of carbonyl (C=O) groups is 1. The Kier molecular flexibility index (Phi) is 5.60. The Bertz CT molecular complexity index is 722. The molecule has 1 atom stereocenters. The molecule has 0 aliphatic carbocycles. The lowest BCUT2D eigenvalue weighted by Crippen LogP contribution is -2.39. The molecular weight excluding hydrogens is 318 g/mol. The highest BCUT2D eigenvalue weighted by Crippen LogP contribution is 2.23. The van der Waals surface area contributed by atoms with Crippen molar-refractivity contribution in [3.63, 3.8) is 0 Å². The molecule has 1 fully saturated rings. The smallest absolute Gasteiger partial charge is 0.319 e. The molecule has 134 valence electrons. The van der Waals surface area contributed by atoms with Crippen LogP contribution in [0, 0.1) is 5.92 Å². The van der Waals surface area contributed by atoms with Crippen molar-refractivity contribution in [2.45, 2.75) is 26.2 Å². The summed E-state index contributed by atoms with van der Waals surface area (Å²) in [4.78, 5) is 12.2. The first-order valence-corrected chi connectivity index (χ1v) is 8.78. The molecule has 0 saturated carbocycles. The van der Waals surface area contributed by atoms with Crippen molar-refractivity contribution in [2.75, 3.05) is 25.0 Å². The second-order valence-electron chi connectivity index (χ2n) is 6.45. The average molecular weight is 343 g/mol. The average Bonchev–Trinajstić information content (AvgIpc) is 3.06. The van der Waals surface area contributed by atoms with Crippen LogP contribution in [0.3, 0.4) is 0 Å². The molecular formula is C17H25N7O. The number of benzene rings is 1. The van der Waals surface area contributed by atoms with Crippen LogP contribution in [0.4, 0.5) is 10.5 Å². The number of carbonyl (C=O) groups excluding carboxylic acids is 1. The van der Waals surface area contributed by atoms with E-state index >= 15 is 0 Å². The van der Waals surface area contributed by atoms with Crippen LogP contribution in [0.1, 0.15) is 25.3 Å². The summed E-state index contributed by atoms with van der Waals surface area (Å²) in [5.74, 6) is 1.17. The number of piperidine rings is 1. The third kappa shape index (κ3) is 4.54. The van der Waals surface area contributed by atoms with Gasteiger partial charge in [0.1, 0.15) is 0 Å². The lowest BCUT2D eigenvalue weighted by Gasteiger charge is -2.23. The number of rotatable bonds is 5. The molecule has 0 radical (unpaired) electrons. The zero-order chi connectivity index (χ0) is 17.6. The van der Waals surface area contributed by atoms with Gasteiger partial charge in [-0.2, -0.15) is 0 Å². The van der Waals surface area contributed by atoms with Gasteiger partial charge in [0.05, 0.1) is 0 Å². The number of anilines is 1. The van der Waals surface area contributed by atoms with E-state index in [1.165, 1.54) is 6.42 Å². The van der Waals surface area contributed by atoms with Crippen molar-refractivity contribution in [1.82, 2.24) is 30.8 Å². The van der Waals surface area contributed by atoms with Gasteiger partial charge in [-0.25, -0.2) is 9.48 Å². The SMILES string of the molecule is CCc1cc(NC(=O)NC[C@H]2CCCNC2)cc(-c2nnnn2C)c1. The lowest BCUT2D eigenvalue weighted by atomic mass is 10.00. The third-order valence-electron chi connectivity index (χ3n) is 4.49. The molecule has 8 nitrogen and oxygen atoms in total. The van der Waals surface area contributed by atoms with E-state index in [2.05, 4.69) is 38.4 Å². The Labute approximate surface area is 147 Å². The van der Waals surface area contributed by atoms with Gasteiger partial charge in [-0.3, -0.25) is 0 Å². The van der Waals surface area contributed by atoms with Crippen LogP contribution in [0.5, 0.6) is 0 Å². The first-order valence-electron chi connectivity index (χ1n) is 8.78. The molecule has 1 saturated heterocycles. The first-order chi connectivity index (χ1) is 12.2. The highest BCUT2D eigenvalue weighted by Gasteiger charge is 2.14. The monoisotopic (exact) mass is 343 g/mol. The van der Waals surface area contributed by atoms with Gasteiger partial charge in [0, 0.05) is 24.8 Å². The van der Waals surface area contributed by atoms with E-state index in [9.17, 15) is 4.79 Å². The van der Waals surface area contributed by atoms with Crippen LogP contribution in [-0.2, 0) is 13.5 Å². The zero-order valence-corrected chi connectivity index (χ0v) is 14.7. The van der Waals surface area contributed by atoms with Crippen LogP contribution in [0.25, 0.3) is 11.4 Å². The van der Waals surface area contributed by atoms with Crippen LogP contribution in [0.2, 0.25) is 0 Å². The Balaban J connectivity index is 1.66. The number of hydrogen-bond donors (Lipinski definition) is 3. The number of nitrogens with one attached hydrogen (secondary N) is 3. The van der Waals surface area contributed by atoms with Gasteiger partial charge >= 0.3 is 6.03 Å². The van der Waals surface area contributed by atoms with Crippen molar-refractivity contribution in [3.8, 4) is 11.4 Å². The molecule has 1 aromatic heterocycles. The predicted octanol–water partition coefficient (Wildman–Crippen LogP) is 1.56. The largest absolute Gasteiger partial charge is 0.338 e. The molecule has 0 unspecified atom stereocenters. The Morgan fingerprint density at radius 2 is 2.28 bits per heavy atom. The summed E-state index contributed by atoms with van der Waals surface area (Å²) in [6.07, 6.45) is 3.19. The maximum Gasteiger partial charge on any atom is 0.319 e. The summed E-state index contributed by atoms with van der Waals surface area (Å²) in [7, 11) is 1.80. The van der Waals surface area contributed by atoms with Gasteiger partial charge in [-0.05, 0) is 72.5 Å². The van der Waals surface area contributed by atoms with Gasteiger partial charge in [0.25, 0.3) is 0 Å². The van der Waals surface area contributed by atoms with Gasteiger partial charge in [0.2, 0.25) is 0 Å². The highest BCUT2D eigenvalue weighted by molar-refractivity contribution is 5.90. The van der Waals surface area contributed by atoms with Gasteiger partial charge in [-0.1, -0.05) is 6.92 Å². The molecule has 3 rings (SSSR count). The second-order valence-corrected chi connectivity index (χ2v) is 6.45. The highest BCUT2D eigenvalue weighted by atomic mass is 16.2. The molecule has 2 heterocycles. The van der Waals surface area contributed by atoms with Crippen LogP contribution in [-0.4, -0.2) is 45.9 Å². The normalized spacial score (nSPS) is 17.3. The summed E-state index contributed by atoms with van der Waals surface area (Å²) < 4.78 is 1.62. The number of urea groups is 1. The molecule has 3 N–H and O–H groups in total. The molecule has 1 aliphatic heterocycles. The lowest BCUT2D eigenvalue weighted by molar-refractivity contribution is 0.248. The molecule has 1 aromatic carbocycles. The molecule has 0 bridgehead atoms. The van der Waals surface area contributed by atoms with E-state index in [0.29, 0.717) is 18.3 Å². The van der Waals surface area contributed by atoms with E-state index in [1.54, 1.807) is 11.7 Å². The third-order valence-corrected chi connectivity index (χ3v) is 4.49. The van der Waals surface area contributed by atoms with E-state index in [0.717, 1.165) is 42.7 Å². The minimum atomic E-state index is -0.180. The number of nitrogens with zero attached hydrogens (tertiary/aromatic N) is 4. The number of hydrogen-bond acceptors (Lipinski definition) is 5. The van der Waals surface area contributed by atoms with Gasteiger partial charge in [0.15, 0.2) is 5.82 Å². The summed E-state index contributed by atoms with van der Waals surface area (Å²) >= 11 is 0. The van der Waals surface area contributed by atoms with E-state index in [4.69, 9.17) is 0 Å². The second kappa shape index (κ2) is 8.06. The molecule has 8 heteroatoms. The van der Waals surface area contributed by atoms with Gasteiger partial charge in [-0.15, -0.1) is 5.10 Å².